The number of nitrogens with zero attached hydrogens (tertiary/aromatic N) is 5. The molecule has 0 aliphatic carbocycles. The highest BCUT2D eigenvalue weighted by Crippen LogP contribution is 2.32. The maximum Gasteiger partial charge on any atom is 0.175 e. The molecule has 118 valence electrons. The van der Waals surface area contributed by atoms with Crippen molar-refractivity contribution in [3.05, 3.63) is 11.3 Å². The van der Waals surface area contributed by atoms with Crippen LogP contribution in [-0.2, 0) is 4.74 Å². The third-order valence-corrected chi connectivity index (χ3v) is 5.40. The summed E-state index contributed by atoms with van der Waals surface area (Å²) in [5.41, 5.74) is 2.73. The van der Waals surface area contributed by atoms with E-state index in [1.807, 2.05) is 5.51 Å². The second-order valence-electron chi connectivity index (χ2n) is 6.09. The average Bonchev–Trinajstić information content (AvgIpc) is 3.04. The zero-order chi connectivity index (χ0) is 14.9. The normalized spacial score (nSPS) is 21.6. The van der Waals surface area contributed by atoms with Gasteiger partial charge in [-0.1, -0.05) is 0 Å². The Morgan fingerprint density at radius 3 is 2.68 bits per heavy atom. The summed E-state index contributed by atoms with van der Waals surface area (Å²) in [5.74, 6) is 2.50. The van der Waals surface area contributed by atoms with Crippen LogP contribution in [0.5, 0.6) is 0 Å². The van der Waals surface area contributed by atoms with Gasteiger partial charge in [-0.05, 0) is 33.0 Å². The van der Waals surface area contributed by atoms with Crippen LogP contribution >= 0.6 is 11.3 Å². The molecule has 2 fully saturated rings. The lowest BCUT2D eigenvalue weighted by Gasteiger charge is -2.30. The zero-order valence-corrected chi connectivity index (χ0v) is 13.7. The third-order valence-electron chi connectivity index (χ3n) is 4.59. The third kappa shape index (κ3) is 2.68. The van der Waals surface area contributed by atoms with Gasteiger partial charge >= 0.3 is 0 Å². The summed E-state index contributed by atoms with van der Waals surface area (Å²) in [6.07, 6.45) is 2.27. The number of likely N-dealkylation sites (tertiary alicyclic amines) is 1. The van der Waals surface area contributed by atoms with Gasteiger partial charge in [-0.15, -0.1) is 11.3 Å². The van der Waals surface area contributed by atoms with Crippen molar-refractivity contribution in [3.8, 4) is 0 Å². The molecule has 2 aromatic rings. The molecule has 2 aromatic heterocycles. The number of anilines is 1. The molecule has 2 aliphatic rings. The van der Waals surface area contributed by atoms with E-state index in [9.17, 15) is 0 Å². The van der Waals surface area contributed by atoms with Crippen LogP contribution in [0.4, 0.5) is 5.82 Å². The molecular formula is C15H21N5OS. The minimum atomic E-state index is 0.460. The van der Waals surface area contributed by atoms with Gasteiger partial charge in [0.25, 0.3) is 0 Å². The molecule has 0 radical (unpaired) electrons. The topological polar surface area (TPSA) is 54.4 Å². The molecule has 7 heteroatoms. The predicted octanol–water partition coefficient (Wildman–Crippen LogP) is 1.73. The van der Waals surface area contributed by atoms with Crippen LogP contribution in [0, 0.1) is 0 Å². The van der Waals surface area contributed by atoms with E-state index >= 15 is 0 Å². The number of aromatic nitrogens is 3. The fraction of sp³-hybridized carbons (Fsp3) is 0.667. The Balaban J connectivity index is 1.70. The Kier molecular flexibility index (Phi) is 3.94. The molecule has 0 bridgehead atoms. The van der Waals surface area contributed by atoms with Crippen molar-refractivity contribution in [2.75, 3.05) is 51.3 Å². The first kappa shape index (κ1) is 14.3. The SMILES string of the molecule is CN1CCC(c2nc(N3CCOCC3)c3scnc3n2)CC1. The number of fused-ring (bicyclic) bond motifs is 1. The average molecular weight is 319 g/mol. The van der Waals surface area contributed by atoms with Crippen LogP contribution < -0.4 is 4.90 Å². The smallest absolute Gasteiger partial charge is 0.175 e. The Morgan fingerprint density at radius 2 is 1.91 bits per heavy atom. The number of ether oxygens (including phenoxy) is 1. The first-order valence-corrected chi connectivity index (χ1v) is 8.81. The standard InChI is InChI=1S/C15H21N5OS/c1-19-4-2-11(3-5-19)13-17-14-12(22-10-16-14)15(18-13)20-6-8-21-9-7-20/h10-11H,2-9H2,1H3. The monoisotopic (exact) mass is 319 g/mol. The van der Waals surface area contributed by atoms with Gasteiger partial charge in [-0.25, -0.2) is 15.0 Å². The van der Waals surface area contributed by atoms with Gasteiger partial charge in [-0.2, -0.15) is 0 Å². The van der Waals surface area contributed by atoms with Crippen LogP contribution in [0.25, 0.3) is 10.3 Å². The predicted molar refractivity (Wildman–Crippen MR) is 87.7 cm³/mol. The van der Waals surface area contributed by atoms with Gasteiger partial charge in [0, 0.05) is 19.0 Å². The molecule has 22 heavy (non-hydrogen) atoms. The second kappa shape index (κ2) is 6.06. The van der Waals surface area contributed by atoms with Gasteiger partial charge in [-0.3, -0.25) is 0 Å². The van der Waals surface area contributed by atoms with E-state index < -0.39 is 0 Å². The molecular weight excluding hydrogens is 298 g/mol. The van der Waals surface area contributed by atoms with Crippen molar-refractivity contribution in [1.82, 2.24) is 19.9 Å². The van der Waals surface area contributed by atoms with E-state index in [-0.39, 0.29) is 0 Å². The van der Waals surface area contributed by atoms with Gasteiger partial charge in [0.2, 0.25) is 0 Å². The van der Waals surface area contributed by atoms with Crippen molar-refractivity contribution in [2.24, 2.45) is 0 Å². The molecule has 0 saturated carbocycles. The van der Waals surface area contributed by atoms with Gasteiger partial charge in [0.1, 0.15) is 10.5 Å². The largest absolute Gasteiger partial charge is 0.378 e. The maximum atomic E-state index is 5.47. The van der Waals surface area contributed by atoms with Crippen LogP contribution in [0.15, 0.2) is 5.51 Å². The van der Waals surface area contributed by atoms with Crippen molar-refractivity contribution in [2.45, 2.75) is 18.8 Å². The number of thiazole rings is 1. The molecule has 6 nitrogen and oxygen atoms in total. The molecule has 0 spiro atoms. The van der Waals surface area contributed by atoms with Crippen molar-refractivity contribution in [1.29, 1.82) is 0 Å². The molecule has 2 saturated heterocycles. The lowest BCUT2D eigenvalue weighted by atomic mass is 9.96. The van der Waals surface area contributed by atoms with Crippen LogP contribution in [0.1, 0.15) is 24.6 Å². The van der Waals surface area contributed by atoms with Crippen LogP contribution in [0.2, 0.25) is 0 Å². The van der Waals surface area contributed by atoms with E-state index in [1.165, 1.54) is 0 Å². The molecule has 0 amide bonds. The molecule has 0 unspecified atom stereocenters. The lowest BCUT2D eigenvalue weighted by molar-refractivity contribution is 0.122. The highest BCUT2D eigenvalue weighted by Gasteiger charge is 2.25. The first-order valence-electron chi connectivity index (χ1n) is 7.93. The summed E-state index contributed by atoms with van der Waals surface area (Å²) in [5, 5.41) is 0. The van der Waals surface area contributed by atoms with E-state index in [1.54, 1.807) is 11.3 Å². The maximum absolute atomic E-state index is 5.47. The molecule has 0 aromatic carbocycles. The molecule has 0 atom stereocenters. The van der Waals surface area contributed by atoms with Crippen molar-refractivity contribution >= 4 is 27.5 Å². The quantitative estimate of drug-likeness (QED) is 0.840. The molecule has 4 heterocycles. The molecule has 2 aliphatic heterocycles. The summed E-state index contributed by atoms with van der Waals surface area (Å²) in [7, 11) is 2.18. The Morgan fingerprint density at radius 1 is 1.14 bits per heavy atom. The van der Waals surface area contributed by atoms with Crippen molar-refractivity contribution < 1.29 is 4.74 Å². The highest BCUT2D eigenvalue weighted by molar-refractivity contribution is 7.17. The van der Waals surface area contributed by atoms with Gasteiger partial charge < -0.3 is 14.5 Å². The van der Waals surface area contributed by atoms with Crippen LogP contribution in [0.3, 0.4) is 0 Å². The second-order valence-corrected chi connectivity index (χ2v) is 6.94. The highest BCUT2D eigenvalue weighted by atomic mass is 32.1. The summed E-state index contributed by atoms with van der Waals surface area (Å²) in [6.45, 7) is 5.58. The lowest BCUT2D eigenvalue weighted by Crippen LogP contribution is -2.37. The van der Waals surface area contributed by atoms with Crippen LogP contribution in [-0.4, -0.2) is 66.3 Å². The molecule has 4 rings (SSSR count). The number of hydrogen-bond acceptors (Lipinski definition) is 7. The Labute approximate surface area is 134 Å². The van der Waals surface area contributed by atoms with E-state index in [0.29, 0.717) is 5.92 Å². The number of piperidine rings is 1. The first-order chi connectivity index (χ1) is 10.8. The van der Waals surface area contributed by atoms with E-state index in [0.717, 1.165) is 74.2 Å². The fourth-order valence-corrected chi connectivity index (χ4v) is 3.95. The zero-order valence-electron chi connectivity index (χ0n) is 12.9. The number of hydrogen-bond donors (Lipinski definition) is 0. The Bertz CT molecular complexity index is 646. The number of morpholine rings is 1. The summed E-state index contributed by atoms with van der Waals surface area (Å²) < 4.78 is 6.58. The fourth-order valence-electron chi connectivity index (χ4n) is 3.20. The van der Waals surface area contributed by atoms with E-state index in [4.69, 9.17) is 14.7 Å². The Hall–Kier alpha value is -1.31. The summed E-state index contributed by atoms with van der Waals surface area (Å²) >= 11 is 1.64. The van der Waals surface area contributed by atoms with E-state index in [2.05, 4.69) is 21.8 Å². The molecule has 0 N–H and O–H groups in total. The summed E-state index contributed by atoms with van der Waals surface area (Å²) in [6, 6.07) is 0. The van der Waals surface area contributed by atoms with Gasteiger partial charge in [0.05, 0.1) is 18.7 Å². The number of rotatable bonds is 2. The minimum absolute atomic E-state index is 0.460. The van der Waals surface area contributed by atoms with Crippen molar-refractivity contribution in [3.63, 3.8) is 0 Å². The van der Waals surface area contributed by atoms with Gasteiger partial charge in [0.15, 0.2) is 11.5 Å². The summed E-state index contributed by atoms with van der Waals surface area (Å²) in [4.78, 5) is 18.9. The minimum Gasteiger partial charge on any atom is -0.378 e.